The molecule has 0 atom stereocenters. The number of rotatable bonds is 2. The summed E-state index contributed by atoms with van der Waals surface area (Å²) in [6.45, 7) is 1.83. The van der Waals surface area contributed by atoms with Crippen LogP contribution < -0.4 is 5.73 Å². The molecule has 3 heterocycles. The number of nitrogens with two attached hydrogens (primary N) is 1. The van der Waals surface area contributed by atoms with E-state index in [1.807, 2.05) is 47.8 Å². The van der Waals surface area contributed by atoms with Crippen molar-refractivity contribution in [3.63, 3.8) is 0 Å². The van der Waals surface area contributed by atoms with Crippen LogP contribution in [0.4, 0.5) is 5.82 Å². The highest BCUT2D eigenvalue weighted by atomic mass is 15.3. The molecule has 0 saturated heterocycles. The number of nitrogens with zero attached hydrogens (tertiary/aromatic N) is 4. The van der Waals surface area contributed by atoms with E-state index in [9.17, 15) is 0 Å². The molecule has 0 fully saturated rings. The van der Waals surface area contributed by atoms with Gasteiger partial charge in [0.05, 0.1) is 16.6 Å². The van der Waals surface area contributed by atoms with Crippen molar-refractivity contribution in [2.75, 3.05) is 5.73 Å². The highest BCUT2D eigenvalue weighted by molar-refractivity contribution is 6.01. The first-order valence-corrected chi connectivity index (χ1v) is 8.78. The van der Waals surface area contributed by atoms with Crippen LogP contribution in [0.3, 0.4) is 0 Å². The Labute approximate surface area is 156 Å². The summed E-state index contributed by atoms with van der Waals surface area (Å²) in [5.41, 5.74) is 12.1. The number of aromatic nitrogens is 4. The van der Waals surface area contributed by atoms with Crippen molar-refractivity contribution in [1.29, 1.82) is 0 Å². The number of anilines is 1. The van der Waals surface area contributed by atoms with E-state index in [1.54, 1.807) is 0 Å². The van der Waals surface area contributed by atoms with Crippen LogP contribution >= 0.6 is 0 Å². The van der Waals surface area contributed by atoms with E-state index in [-0.39, 0.29) is 0 Å². The summed E-state index contributed by atoms with van der Waals surface area (Å²) in [4.78, 5) is 8.83. The quantitative estimate of drug-likeness (QED) is 0.508. The van der Waals surface area contributed by atoms with Crippen LogP contribution in [0.25, 0.3) is 38.9 Å². The first-order valence-electron chi connectivity index (χ1n) is 8.78. The number of pyridine rings is 1. The SMILES string of the molecule is Cc1nc(N)c2c(n1)nn1c(-c3ccccc3)cc(-c3ccccc3)cc21. The fourth-order valence-corrected chi connectivity index (χ4v) is 3.48. The number of nitrogen functional groups attached to an aromatic ring is 1. The van der Waals surface area contributed by atoms with Crippen molar-refractivity contribution in [3.8, 4) is 22.4 Å². The third kappa shape index (κ3) is 2.52. The predicted molar refractivity (Wildman–Crippen MR) is 108 cm³/mol. The van der Waals surface area contributed by atoms with Gasteiger partial charge in [-0.05, 0) is 30.2 Å². The van der Waals surface area contributed by atoms with E-state index in [0.717, 1.165) is 33.3 Å². The van der Waals surface area contributed by atoms with Gasteiger partial charge in [0.25, 0.3) is 0 Å². The molecule has 5 nitrogen and oxygen atoms in total. The van der Waals surface area contributed by atoms with Gasteiger partial charge in [0.1, 0.15) is 11.6 Å². The molecule has 0 aliphatic rings. The molecule has 0 unspecified atom stereocenters. The van der Waals surface area contributed by atoms with E-state index in [1.165, 1.54) is 0 Å². The molecule has 130 valence electrons. The van der Waals surface area contributed by atoms with Crippen molar-refractivity contribution in [3.05, 3.63) is 78.6 Å². The Balaban J connectivity index is 1.93. The molecule has 0 saturated carbocycles. The molecular weight excluding hydrogens is 334 g/mol. The highest BCUT2D eigenvalue weighted by Gasteiger charge is 2.16. The molecule has 2 N–H and O–H groups in total. The van der Waals surface area contributed by atoms with Gasteiger partial charge in [-0.2, -0.15) is 0 Å². The fourth-order valence-electron chi connectivity index (χ4n) is 3.48. The number of hydrogen-bond acceptors (Lipinski definition) is 4. The van der Waals surface area contributed by atoms with Crippen LogP contribution in [-0.4, -0.2) is 19.6 Å². The smallest absolute Gasteiger partial charge is 0.187 e. The number of aryl methyl sites for hydroxylation is 1. The molecule has 2 aromatic carbocycles. The lowest BCUT2D eigenvalue weighted by atomic mass is 10.0. The fraction of sp³-hybridized carbons (Fsp3) is 0.0455. The van der Waals surface area contributed by atoms with Gasteiger partial charge in [0.15, 0.2) is 5.65 Å². The molecule has 0 spiro atoms. The monoisotopic (exact) mass is 351 g/mol. The van der Waals surface area contributed by atoms with Crippen LogP contribution in [0, 0.1) is 6.92 Å². The molecule has 5 aromatic rings. The zero-order valence-corrected chi connectivity index (χ0v) is 14.8. The maximum absolute atomic E-state index is 6.24. The standard InChI is InChI=1S/C22H17N5/c1-14-24-21(23)20-19-13-17(15-8-4-2-5-9-15)12-18(16-10-6-3-7-11-16)27(19)26-22(20)25-14/h2-13H,1H3,(H2,23,24,25,26). The summed E-state index contributed by atoms with van der Waals surface area (Å²) in [7, 11) is 0. The topological polar surface area (TPSA) is 69.1 Å². The summed E-state index contributed by atoms with van der Waals surface area (Å²) in [6, 6.07) is 24.8. The average Bonchev–Trinajstić information content (AvgIpc) is 3.07. The minimum Gasteiger partial charge on any atom is -0.383 e. The van der Waals surface area contributed by atoms with E-state index < -0.39 is 0 Å². The van der Waals surface area contributed by atoms with Crippen LogP contribution in [-0.2, 0) is 0 Å². The second-order valence-corrected chi connectivity index (χ2v) is 6.51. The minimum atomic E-state index is 0.455. The summed E-state index contributed by atoms with van der Waals surface area (Å²) >= 11 is 0. The van der Waals surface area contributed by atoms with Gasteiger partial charge in [-0.1, -0.05) is 60.7 Å². The van der Waals surface area contributed by atoms with Gasteiger partial charge in [-0.3, -0.25) is 0 Å². The third-order valence-corrected chi connectivity index (χ3v) is 4.70. The highest BCUT2D eigenvalue weighted by Crippen LogP contribution is 2.32. The van der Waals surface area contributed by atoms with Crippen LogP contribution in [0.15, 0.2) is 72.8 Å². The van der Waals surface area contributed by atoms with Crippen molar-refractivity contribution in [1.82, 2.24) is 19.6 Å². The van der Waals surface area contributed by atoms with Crippen LogP contribution in [0.5, 0.6) is 0 Å². The Bertz CT molecular complexity index is 1270. The van der Waals surface area contributed by atoms with Crippen molar-refractivity contribution in [2.45, 2.75) is 6.92 Å². The van der Waals surface area contributed by atoms with Crippen LogP contribution in [0.1, 0.15) is 5.82 Å². The van der Waals surface area contributed by atoms with E-state index in [2.05, 4.69) is 46.4 Å². The second kappa shape index (κ2) is 5.92. The molecular formula is C22H17N5. The van der Waals surface area contributed by atoms with Gasteiger partial charge in [-0.25, -0.2) is 14.5 Å². The number of fused-ring (bicyclic) bond motifs is 3. The molecule has 5 heteroatoms. The summed E-state index contributed by atoms with van der Waals surface area (Å²) in [5.74, 6) is 1.07. The van der Waals surface area contributed by atoms with Crippen molar-refractivity contribution in [2.24, 2.45) is 0 Å². The second-order valence-electron chi connectivity index (χ2n) is 6.51. The number of benzene rings is 2. The van der Waals surface area contributed by atoms with E-state index >= 15 is 0 Å². The lowest BCUT2D eigenvalue weighted by molar-refractivity contribution is 0.969. The Morgan fingerprint density at radius 1 is 0.778 bits per heavy atom. The van der Waals surface area contributed by atoms with E-state index in [0.29, 0.717) is 17.3 Å². The Morgan fingerprint density at radius 2 is 1.44 bits per heavy atom. The summed E-state index contributed by atoms with van der Waals surface area (Å²) < 4.78 is 1.91. The summed E-state index contributed by atoms with van der Waals surface area (Å²) in [6.07, 6.45) is 0. The zero-order chi connectivity index (χ0) is 18.4. The molecule has 3 aromatic heterocycles. The molecule has 0 amide bonds. The van der Waals surface area contributed by atoms with Gasteiger partial charge in [0, 0.05) is 5.56 Å². The number of hydrogen-bond donors (Lipinski definition) is 1. The largest absolute Gasteiger partial charge is 0.383 e. The van der Waals surface area contributed by atoms with Gasteiger partial charge in [-0.15, -0.1) is 5.10 Å². The molecule has 27 heavy (non-hydrogen) atoms. The average molecular weight is 351 g/mol. The molecule has 0 aliphatic carbocycles. The maximum atomic E-state index is 6.24. The summed E-state index contributed by atoms with van der Waals surface area (Å²) in [5, 5.41) is 5.52. The van der Waals surface area contributed by atoms with Gasteiger partial charge in [0.2, 0.25) is 0 Å². The predicted octanol–water partition coefficient (Wildman–Crippen LogP) is 4.50. The Hall–Kier alpha value is -3.73. The van der Waals surface area contributed by atoms with Crippen LogP contribution in [0.2, 0.25) is 0 Å². The first-order chi connectivity index (χ1) is 13.2. The lowest BCUT2D eigenvalue weighted by Crippen LogP contribution is -1.96. The molecule has 0 aliphatic heterocycles. The molecule has 0 bridgehead atoms. The van der Waals surface area contributed by atoms with Gasteiger partial charge < -0.3 is 5.73 Å². The first kappa shape index (κ1) is 15.5. The van der Waals surface area contributed by atoms with Crippen molar-refractivity contribution >= 4 is 22.4 Å². The van der Waals surface area contributed by atoms with Gasteiger partial charge >= 0.3 is 0 Å². The Kier molecular flexibility index (Phi) is 3.40. The molecule has 0 radical (unpaired) electrons. The maximum Gasteiger partial charge on any atom is 0.187 e. The lowest BCUT2D eigenvalue weighted by Gasteiger charge is -2.09. The minimum absolute atomic E-state index is 0.455. The van der Waals surface area contributed by atoms with Crippen molar-refractivity contribution < 1.29 is 0 Å². The Morgan fingerprint density at radius 3 is 2.15 bits per heavy atom. The third-order valence-electron chi connectivity index (χ3n) is 4.70. The molecule has 5 rings (SSSR count). The zero-order valence-electron chi connectivity index (χ0n) is 14.8. The normalized spacial score (nSPS) is 11.3. The van der Waals surface area contributed by atoms with E-state index in [4.69, 9.17) is 10.8 Å².